The molecule has 0 radical (unpaired) electrons. The van der Waals surface area contributed by atoms with E-state index in [1.165, 1.54) is 19.3 Å². The molecule has 0 spiro atoms. The van der Waals surface area contributed by atoms with Crippen molar-refractivity contribution in [2.24, 2.45) is 0 Å². The standard InChI is InChI=1S/C21H20ClN5O/c1-13-7-8-18(16(22)11-13)26-10-9-17-15(20(26)28)12-23-21-24-19(25-27(17)21)14-5-3-2-4-6-14/h7-12,14H,2-6H2,1H3. The first kappa shape index (κ1) is 17.4. The summed E-state index contributed by atoms with van der Waals surface area (Å²) >= 11 is 6.37. The van der Waals surface area contributed by atoms with Crippen molar-refractivity contribution >= 4 is 28.3 Å². The molecular weight excluding hydrogens is 374 g/mol. The summed E-state index contributed by atoms with van der Waals surface area (Å²) in [6.45, 7) is 1.97. The molecule has 1 fully saturated rings. The van der Waals surface area contributed by atoms with E-state index in [1.54, 1.807) is 21.5 Å². The fraction of sp³-hybridized carbons (Fsp3) is 0.333. The van der Waals surface area contributed by atoms with Crippen LogP contribution in [0.2, 0.25) is 5.02 Å². The quantitative estimate of drug-likeness (QED) is 0.505. The minimum Gasteiger partial charge on any atom is -0.282 e. The molecule has 4 aromatic rings. The number of aryl methyl sites for hydroxylation is 1. The van der Waals surface area contributed by atoms with Crippen molar-refractivity contribution in [1.29, 1.82) is 0 Å². The Labute approximate surface area is 166 Å². The third kappa shape index (κ3) is 2.79. The second-order valence-electron chi connectivity index (χ2n) is 7.52. The first-order valence-corrected chi connectivity index (χ1v) is 10.0. The monoisotopic (exact) mass is 393 g/mol. The average Bonchev–Trinajstić information content (AvgIpc) is 3.14. The maximum Gasteiger partial charge on any atom is 0.266 e. The topological polar surface area (TPSA) is 65.1 Å². The molecule has 1 aliphatic carbocycles. The van der Waals surface area contributed by atoms with Gasteiger partial charge in [-0.3, -0.25) is 9.36 Å². The van der Waals surface area contributed by atoms with E-state index in [0.717, 1.165) is 24.2 Å². The summed E-state index contributed by atoms with van der Waals surface area (Å²) in [6, 6.07) is 7.52. The van der Waals surface area contributed by atoms with E-state index in [1.807, 2.05) is 31.2 Å². The SMILES string of the molecule is Cc1ccc(-n2ccc3c(cnc4nc(C5CCCCC5)nn43)c2=O)c(Cl)c1. The molecule has 5 rings (SSSR count). The molecule has 0 saturated heterocycles. The minimum absolute atomic E-state index is 0.174. The Balaban J connectivity index is 1.67. The number of halogens is 1. The van der Waals surface area contributed by atoms with Crippen molar-refractivity contribution in [3.05, 3.63) is 63.4 Å². The lowest BCUT2D eigenvalue weighted by atomic mass is 9.89. The summed E-state index contributed by atoms with van der Waals surface area (Å²) < 4.78 is 3.25. The van der Waals surface area contributed by atoms with Gasteiger partial charge in [-0.1, -0.05) is 36.9 Å². The van der Waals surface area contributed by atoms with Crippen LogP contribution in [0, 0.1) is 6.92 Å². The van der Waals surface area contributed by atoms with Gasteiger partial charge in [-0.25, -0.2) is 4.98 Å². The van der Waals surface area contributed by atoms with Crippen LogP contribution in [0.25, 0.3) is 22.4 Å². The van der Waals surface area contributed by atoms with Gasteiger partial charge in [0.25, 0.3) is 11.3 Å². The van der Waals surface area contributed by atoms with Crippen LogP contribution in [0.15, 0.2) is 41.5 Å². The van der Waals surface area contributed by atoms with Gasteiger partial charge in [0.2, 0.25) is 0 Å². The Morgan fingerprint density at radius 2 is 1.96 bits per heavy atom. The number of fused-ring (bicyclic) bond motifs is 3. The maximum atomic E-state index is 13.1. The largest absolute Gasteiger partial charge is 0.282 e. The van der Waals surface area contributed by atoms with Crippen molar-refractivity contribution < 1.29 is 0 Å². The van der Waals surface area contributed by atoms with Crippen LogP contribution in [-0.2, 0) is 0 Å². The molecular formula is C21H20ClN5O. The average molecular weight is 394 g/mol. The zero-order valence-corrected chi connectivity index (χ0v) is 16.4. The Morgan fingerprint density at radius 1 is 1.14 bits per heavy atom. The number of hydrogen-bond donors (Lipinski definition) is 0. The van der Waals surface area contributed by atoms with E-state index in [9.17, 15) is 4.79 Å². The molecule has 3 aromatic heterocycles. The Kier molecular flexibility index (Phi) is 4.16. The number of rotatable bonds is 2. The summed E-state index contributed by atoms with van der Waals surface area (Å²) in [5.41, 5.74) is 2.24. The number of hydrogen-bond acceptors (Lipinski definition) is 4. The molecule has 1 aromatic carbocycles. The van der Waals surface area contributed by atoms with Crippen molar-refractivity contribution in [3.8, 4) is 5.69 Å². The highest BCUT2D eigenvalue weighted by molar-refractivity contribution is 6.32. The minimum atomic E-state index is -0.174. The van der Waals surface area contributed by atoms with Gasteiger partial charge < -0.3 is 0 Å². The highest BCUT2D eigenvalue weighted by Crippen LogP contribution is 2.31. The Bertz CT molecular complexity index is 1250. The number of aromatic nitrogens is 5. The fourth-order valence-corrected chi connectivity index (χ4v) is 4.39. The predicted molar refractivity (Wildman–Crippen MR) is 109 cm³/mol. The van der Waals surface area contributed by atoms with Crippen molar-refractivity contribution in [2.75, 3.05) is 0 Å². The van der Waals surface area contributed by atoms with Crippen molar-refractivity contribution in [2.45, 2.75) is 44.9 Å². The van der Waals surface area contributed by atoms with Crippen molar-refractivity contribution in [1.82, 2.24) is 24.1 Å². The van der Waals surface area contributed by atoms with E-state index in [4.69, 9.17) is 16.7 Å². The molecule has 0 unspecified atom stereocenters. The summed E-state index contributed by atoms with van der Waals surface area (Å²) in [7, 11) is 0. The van der Waals surface area contributed by atoms with Gasteiger partial charge in [-0.2, -0.15) is 9.50 Å². The zero-order valence-electron chi connectivity index (χ0n) is 15.6. The normalized spacial score (nSPS) is 15.5. The van der Waals surface area contributed by atoms with Gasteiger partial charge in [0.15, 0.2) is 5.82 Å². The van der Waals surface area contributed by atoms with E-state index in [2.05, 4.69) is 9.97 Å². The Hall–Kier alpha value is -2.73. The molecule has 0 aliphatic heterocycles. The van der Waals surface area contributed by atoms with Gasteiger partial charge in [-0.05, 0) is 43.5 Å². The van der Waals surface area contributed by atoms with Gasteiger partial charge in [0.05, 0.1) is 21.6 Å². The van der Waals surface area contributed by atoms with Crippen LogP contribution in [0.3, 0.4) is 0 Å². The lowest BCUT2D eigenvalue weighted by Gasteiger charge is -2.17. The molecule has 3 heterocycles. The van der Waals surface area contributed by atoms with E-state index >= 15 is 0 Å². The third-order valence-corrected chi connectivity index (χ3v) is 5.89. The highest BCUT2D eigenvalue weighted by atomic mass is 35.5. The van der Waals surface area contributed by atoms with Crippen LogP contribution < -0.4 is 5.56 Å². The zero-order chi connectivity index (χ0) is 19.3. The molecule has 0 atom stereocenters. The second kappa shape index (κ2) is 6.71. The number of pyridine rings is 1. The molecule has 0 N–H and O–H groups in total. The van der Waals surface area contributed by atoms with Gasteiger partial charge in [0.1, 0.15) is 0 Å². The fourth-order valence-electron chi connectivity index (χ4n) is 4.07. The third-order valence-electron chi connectivity index (χ3n) is 5.58. The first-order valence-electron chi connectivity index (χ1n) is 9.65. The lowest BCUT2D eigenvalue weighted by Crippen LogP contribution is -2.19. The number of nitrogens with zero attached hydrogens (tertiary/aromatic N) is 5. The lowest BCUT2D eigenvalue weighted by molar-refractivity contribution is 0.429. The maximum absolute atomic E-state index is 13.1. The van der Waals surface area contributed by atoms with E-state index < -0.39 is 0 Å². The van der Waals surface area contributed by atoms with E-state index in [0.29, 0.717) is 33.3 Å². The van der Waals surface area contributed by atoms with Crippen LogP contribution in [0.4, 0.5) is 0 Å². The molecule has 6 nitrogen and oxygen atoms in total. The van der Waals surface area contributed by atoms with Crippen LogP contribution in [0.5, 0.6) is 0 Å². The van der Waals surface area contributed by atoms with Gasteiger partial charge >= 0.3 is 0 Å². The van der Waals surface area contributed by atoms with Crippen LogP contribution >= 0.6 is 11.6 Å². The number of benzene rings is 1. The molecule has 1 aliphatic rings. The molecule has 1 saturated carbocycles. The van der Waals surface area contributed by atoms with Crippen LogP contribution in [-0.4, -0.2) is 24.1 Å². The molecule has 7 heteroatoms. The van der Waals surface area contributed by atoms with Crippen molar-refractivity contribution in [3.63, 3.8) is 0 Å². The summed E-state index contributed by atoms with van der Waals surface area (Å²) in [5.74, 6) is 1.77. The highest BCUT2D eigenvalue weighted by Gasteiger charge is 2.21. The van der Waals surface area contributed by atoms with Gasteiger partial charge in [-0.15, -0.1) is 5.10 Å². The molecule has 0 amide bonds. The van der Waals surface area contributed by atoms with Gasteiger partial charge in [0, 0.05) is 18.3 Å². The molecule has 142 valence electrons. The summed E-state index contributed by atoms with van der Waals surface area (Å²) in [6.07, 6.45) is 9.29. The molecule has 28 heavy (non-hydrogen) atoms. The summed E-state index contributed by atoms with van der Waals surface area (Å²) in [4.78, 5) is 22.2. The second-order valence-corrected chi connectivity index (χ2v) is 7.93. The predicted octanol–water partition coefficient (Wildman–Crippen LogP) is 4.44. The summed E-state index contributed by atoms with van der Waals surface area (Å²) in [5, 5.41) is 5.74. The Morgan fingerprint density at radius 3 is 2.75 bits per heavy atom. The molecule has 0 bridgehead atoms. The first-order chi connectivity index (χ1) is 13.6. The van der Waals surface area contributed by atoms with Crippen LogP contribution in [0.1, 0.15) is 49.4 Å². The van der Waals surface area contributed by atoms with E-state index in [-0.39, 0.29) is 5.56 Å². The smallest absolute Gasteiger partial charge is 0.266 e.